The molecule has 0 bridgehead atoms. The fourth-order valence-electron chi connectivity index (χ4n) is 1.04. The summed E-state index contributed by atoms with van der Waals surface area (Å²) in [5.41, 5.74) is 0.896. The Morgan fingerprint density at radius 3 is 3.29 bits per heavy atom. The number of carbonyl (C=O) groups is 1. The Kier molecular flexibility index (Phi) is 2.41. The van der Waals surface area contributed by atoms with Crippen LogP contribution < -0.4 is 0 Å². The summed E-state index contributed by atoms with van der Waals surface area (Å²) in [4.78, 5) is 18.9. The van der Waals surface area contributed by atoms with E-state index in [1.807, 2.05) is 11.4 Å². The molecule has 0 radical (unpaired) electrons. The lowest BCUT2D eigenvalue weighted by atomic mass is 10.4. The van der Waals surface area contributed by atoms with Crippen LogP contribution in [0, 0.1) is 0 Å². The molecule has 0 aliphatic carbocycles. The first-order valence-corrected chi connectivity index (χ1v) is 4.96. The molecular formula is C9H8N2O2S. The van der Waals surface area contributed by atoms with Gasteiger partial charge in [-0.05, 0) is 11.4 Å². The largest absolute Gasteiger partial charge is 0.458 e. The van der Waals surface area contributed by atoms with E-state index in [2.05, 4.69) is 9.97 Å². The number of fused-ring (bicyclic) bond motifs is 1. The van der Waals surface area contributed by atoms with E-state index < -0.39 is 0 Å². The van der Waals surface area contributed by atoms with E-state index >= 15 is 0 Å². The zero-order valence-corrected chi connectivity index (χ0v) is 8.37. The Bertz CT molecular complexity index is 467. The van der Waals surface area contributed by atoms with Crippen molar-refractivity contribution in [2.45, 2.75) is 13.5 Å². The van der Waals surface area contributed by atoms with Crippen LogP contribution >= 0.6 is 11.3 Å². The van der Waals surface area contributed by atoms with Gasteiger partial charge in [-0.25, -0.2) is 9.97 Å². The molecule has 0 amide bonds. The summed E-state index contributed by atoms with van der Waals surface area (Å²) in [5, 5.41) is 1.95. The molecule has 72 valence electrons. The van der Waals surface area contributed by atoms with Gasteiger partial charge >= 0.3 is 5.97 Å². The minimum absolute atomic E-state index is 0.140. The number of hydrogen-bond acceptors (Lipinski definition) is 5. The second-order valence-electron chi connectivity index (χ2n) is 2.74. The summed E-state index contributed by atoms with van der Waals surface area (Å²) < 4.78 is 5.83. The van der Waals surface area contributed by atoms with Crippen LogP contribution in [0.2, 0.25) is 0 Å². The van der Waals surface area contributed by atoms with Crippen LogP contribution in [0.15, 0.2) is 17.6 Å². The van der Waals surface area contributed by atoms with Crippen LogP contribution in [-0.4, -0.2) is 15.9 Å². The molecule has 0 unspecified atom stereocenters. The zero-order chi connectivity index (χ0) is 9.97. The summed E-state index contributed by atoms with van der Waals surface area (Å²) in [6.45, 7) is 1.50. The number of nitrogens with zero attached hydrogens (tertiary/aromatic N) is 2. The monoisotopic (exact) mass is 208 g/mol. The van der Waals surface area contributed by atoms with Gasteiger partial charge in [0.15, 0.2) is 12.4 Å². The van der Waals surface area contributed by atoms with Gasteiger partial charge in [-0.1, -0.05) is 0 Å². The summed E-state index contributed by atoms with van der Waals surface area (Å²) in [7, 11) is 0. The third-order valence-corrected chi connectivity index (χ3v) is 2.50. The molecule has 0 fully saturated rings. The van der Waals surface area contributed by atoms with Crippen molar-refractivity contribution in [3.05, 3.63) is 23.5 Å². The zero-order valence-electron chi connectivity index (χ0n) is 7.56. The van der Waals surface area contributed by atoms with Crippen molar-refractivity contribution in [3.8, 4) is 0 Å². The van der Waals surface area contributed by atoms with Crippen molar-refractivity contribution in [1.82, 2.24) is 9.97 Å². The topological polar surface area (TPSA) is 52.1 Å². The molecule has 5 heteroatoms. The maximum atomic E-state index is 10.6. The van der Waals surface area contributed by atoms with Crippen LogP contribution in [0.25, 0.3) is 10.2 Å². The molecule has 0 aliphatic rings. The molecule has 4 nitrogen and oxygen atoms in total. The third-order valence-electron chi connectivity index (χ3n) is 1.66. The lowest BCUT2D eigenvalue weighted by Gasteiger charge is -1.99. The lowest BCUT2D eigenvalue weighted by molar-refractivity contribution is -0.142. The molecule has 14 heavy (non-hydrogen) atoms. The molecule has 2 aromatic heterocycles. The number of hydrogen-bond donors (Lipinski definition) is 0. The first-order valence-electron chi connectivity index (χ1n) is 4.08. The summed E-state index contributed by atoms with van der Waals surface area (Å²) in [6, 6.07) is 1.92. The highest BCUT2D eigenvalue weighted by atomic mass is 32.1. The van der Waals surface area contributed by atoms with Crippen LogP contribution in [0.3, 0.4) is 0 Å². The molecule has 0 spiro atoms. The smallest absolute Gasteiger partial charge is 0.303 e. The van der Waals surface area contributed by atoms with Crippen molar-refractivity contribution in [1.29, 1.82) is 0 Å². The summed E-state index contributed by atoms with van der Waals surface area (Å²) in [6.07, 6.45) is 1.74. The van der Waals surface area contributed by atoms with Crippen molar-refractivity contribution < 1.29 is 9.53 Å². The Labute approximate surface area is 84.6 Å². The van der Waals surface area contributed by atoms with Crippen LogP contribution in [-0.2, 0) is 16.1 Å². The number of esters is 1. The summed E-state index contributed by atoms with van der Waals surface area (Å²) >= 11 is 1.59. The standard InChI is InChI=1S/C9H8N2O2S/c1-6(12)13-5-9-10-4-8-7(11-9)2-3-14-8/h2-4H,5H2,1H3. The Balaban J connectivity index is 2.21. The highest BCUT2D eigenvalue weighted by molar-refractivity contribution is 7.17. The van der Waals surface area contributed by atoms with Crippen LogP contribution in [0.1, 0.15) is 12.7 Å². The number of ether oxygens (including phenoxy) is 1. The van der Waals surface area contributed by atoms with Gasteiger partial charge in [-0.2, -0.15) is 0 Å². The fraction of sp³-hybridized carbons (Fsp3) is 0.222. The second-order valence-corrected chi connectivity index (χ2v) is 3.68. The molecule has 2 heterocycles. The van der Waals surface area contributed by atoms with Gasteiger partial charge in [0.1, 0.15) is 0 Å². The second kappa shape index (κ2) is 3.71. The molecule has 0 saturated heterocycles. The van der Waals surface area contributed by atoms with Gasteiger partial charge in [0, 0.05) is 13.1 Å². The Morgan fingerprint density at radius 2 is 2.50 bits per heavy atom. The predicted octanol–water partition coefficient (Wildman–Crippen LogP) is 1.75. The number of rotatable bonds is 2. The van der Waals surface area contributed by atoms with E-state index in [9.17, 15) is 4.79 Å². The van der Waals surface area contributed by atoms with E-state index in [0.29, 0.717) is 5.82 Å². The van der Waals surface area contributed by atoms with Gasteiger partial charge in [0.2, 0.25) is 0 Å². The van der Waals surface area contributed by atoms with Crippen molar-refractivity contribution >= 4 is 27.5 Å². The highest BCUT2D eigenvalue weighted by Gasteiger charge is 2.02. The molecule has 2 aromatic rings. The van der Waals surface area contributed by atoms with E-state index in [4.69, 9.17) is 4.74 Å². The third kappa shape index (κ3) is 1.88. The van der Waals surface area contributed by atoms with Crippen molar-refractivity contribution in [2.75, 3.05) is 0 Å². The molecule has 0 saturated carbocycles. The Morgan fingerprint density at radius 1 is 1.64 bits per heavy atom. The van der Waals surface area contributed by atoms with E-state index in [0.717, 1.165) is 10.2 Å². The molecule has 0 aliphatic heterocycles. The maximum absolute atomic E-state index is 10.6. The van der Waals surface area contributed by atoms with Gasteiger partial charge in [0.05, 0.1) is 10.2 Å². The minimum atomic E-state index is -0.320. The lowest BCUT2D eigenvalue weighted by Crippen LogP contribution is -2.02. The van der Waals surface area contributed by atoms with E-state index in [-0.39, 0.29) is 12.6 Å². The van der Waals surface area contributed by atoms with E-state index in [1.54, 1.807) is 17.5 Å². The number of aromatic nitrogens is 2. The van der Waals surface area contributed by atoms with Gasteiger partial charge in [-0.15, -0.1) is 11.3 Å². The van der Waals surface area contributed by atoms with Crippen molar-refractivity contribution in [3.63, 3.8) is 0 Å². The SMILES string of the molecule is CC(=O)OCc1ncc2sccc2n1. The van der Waals surface area contributed by atoms with Gasteiger partial charge in [0.25, 0.3) is 0 Å². The predicted molar refractivity (Wildman–Crippen MR) is 52.9 cm³/mol. The van der Waals surface area contributed by atoms with Gasteiger partial charge in [-0.3, -0.25) is 4.79 Å². The maximum Gasteiger partial charge on any atom is 0.303 e. The number of thiophene rings is 1. The molecule has 0 N–H and O–H groups in total. The highest BCUT2D eigenvalue weighted by Crippen LogP contribution is 2.17. The molecule has 0 aromatic carbocycles. The fourth-order valence-corrected chi connectivity index (χ4v) is 1.73. The first kappa shape index (κ1) is 9.08. The molecule has 0 atom stereocenters. The summed E-state index contributed by atoms with van der Waals surface area (Å²) in [5.74, 6) is 0.213. The quantitative estimate of drug-likeness (QED) is 0.705. The van der Waals surface area contributed by atoms with Crippen LogP contribution in [0.4, 0.5) is 0 Å². The minimum Gasteiger partial charge on any atom is -0.458 e. The molecular weight excluding hydrogens is 200 g/mol. The van der Waals surface area contributed by atoms with Gasteiger partial charge < -0.3 is 4.74 Å². The molecule has 2 rings (SSSR count). The Hall–Kier alpha value is -1.49. The van der Waals surface area contributed by atoms with Crippen molar-refractivity contribution in [2.24, 2.45) is 0 Å². The number of carbonyl (C=O) groups excluding carboxylic acids is 1. The average Bonchev–Trinajstić information content (AvgIpc) is 2.61. The first-order chi connectivity index (χ1) is 6.75. The van der Waals surface area contributed by atoms with E-state index in [1.165, 1.54) is 6.92 Å². The normalized spacial score (nSPS) is 10.4. The average molecular weight is 208 g/mol. The van der Waals surface area contributed by atoms with Crippen LogP contribution in [0.5, 0.6) is 0 Å².